The van der Waals surface area contributed by atoms with Crippen molar-refractivity contribution in [3.05, 3.63) is 18.2 Å². The van der Waals surface area contributed by atoms with Crippen LogP contribution in [0.4, 0.5) is 4.39 Å². The summed E-state index contributed by atoms with van der Waals surface area (Å²) in [7, 11) is -3.99. The van der Waals surface area contributed by atoms with Crippen LogP contribution in [0.2, 0.25) is 0 Å². The maximum atomic E-state index is 15.5. The number of hydrogen-bond acceptors (Lipinski definition) is 7. The van der Waals surface area contributed by atoms with Gasteiger partial charge in [-0.25, -0.2) is 12.8 Å². The van der Waals surface area contributed by atoms with Crippen LogP contribution in [0.25, 0.3) is 11.0 Å². The Hall–Kier alpha value is -1.69. The number of ether oxygens (including phenoxy) is 1. The fourth-order valence-corrected chi connectivity index (χ4v) is 5.81. The number of fused-ring (bicyclic) bond motifs is 1. The van der Waals surface area contributed by atoms with E-state index in [4.69, 9.17) is 4.74 Å². The molecule has 0 aliphatic carbocycles. The topological polar surface area (TPSA) is 92.7 Å². The van der Waals surface area contributed by atoms with E-state index in [2.05, 4.69) is 8.75 Å². The van der Waals surface area contributed by atoms with E-state index in [9.17, 15) is 13.2 Å². The molecular weight excluding hydrogens is 395 g/mol. The molecule has 3 heterocycles. The van der Waals surface area contributed by atoms with Gasteiger partial charge in [0.25, 0.3) is 5.91 Å². The highest BCUT2D eigenvalue weighted by Gasteiger charge is 2.48. The molecular formula is C16H19FN4O4S2. The zero-order valence-electron chi connectivity index (χ0n) is 14.5. The molecule has 2 aromatic rings. The van der Waals surface area contributed by atoms with Gasteiger partial charge < -0.3 is 9.64 Å². The van der Waals surface area contributed by atoms with Crippen molar-refractivity contribution in [3.63, 3.8) is 0 Å². The van der Waals surface area contributed by atoms with Gasteiger partial charge in [-0.15, -0.1) is 0 Å². The quantitative estimate of drug-likeness (QED) is 0.745. The van der Waals surface area contributed by atoms with Crippen LogP contribution < -0.4 is 0 Å². The highest BCUT2D eigenvalue weighted by atomic mass is 32.2. The lowest BCUT2D eigenvalue weighted by Gasteiger charge is -2.39. The molecule has 2 saturated heterocycles. The van der Waals surface area contributed by atoms with Gasteiger partial charge in [-0.05, 0) is 25.0 Å². The van der Waals surface area contributed by atoms with E-state index in [1.165, 1.54) is 11.0 Å². The predicted molar refractivity (Wildman–Crippen MR) is 96.6 cm³/mol. The maximum absolute atomic E-state index is 15.5. The van der Waals surface area contributed by atoms with E-state index in [0.29, 0.717) is 31.8 Å². The van der Waals surface area contributed by atoms with Gasteiger partial charge in [0.2, 0.25) is 15.7 Å². The zero-order chi connectivity index (χ0) is 19.1. The van der Waals surface area contributed by atoms with Gasteiger partial charge in [-0.3, -0.25) is 4.79 Å². The number of carbonyl (C=O) groups is 1. The van der Waals surface area contributed by atoms with Crippen LogP contribution in [0.3, 0.4) is 0 Å². The van der Waals surface area contributed by atoms with E-state index in [0.717, 1.165) is 16.0 Å². The van der Waals surface area contributed by atoms with Crippen molar-refractivity contribution >= 4 is 38.7 Å². The van der Waals surface area contributed by atoms with Crippen LogP contribution in [-0.4, -0.2) is 77.3 Å². The molecule has 1 aromatic heterocycles. The zero-order valence-corrected chi connectivity index (χ0v) is 16.1. The summed E-state index contributed by atoms with van der Waals surface area (Å²) in [6.45, 7) is 1.05. The number of nitrogens with zero attached hydrogens (tertiary/aromatic N) is 4. The van der Waals surface area contributed by atoms with Gasteiger partial charge in [-0.1, -0.05) is 6.07 Å². The summed E-state index contributed by atoms with van der Waals surface area (Å²) in [6, 6.07) is 4.70. The number of benzene rings is 1. The van der Waals surface area contributed by atoms with E-state index >= 15 is 4.39 Å². The van der Waals surface area contributed by atoms with E-state index in [1.807, 2.05) is 0 Å². The molecule has 1 unspecified atom stereocenters. The van der Waals surface area contributed by atoms with Crippen LogP contribution >= 0.6 is 11.7 Å². The largest absolute Gasteiger partial charge is 0.378 e. The SMILES string of the molecule is O=C(N1CCOCC1)C1(F)CCCN(S(=O)(=O)c2cccc3nsnc23)C1. The second-order valence-corrected chi connectivity index (χ2v) is 9.13. The Morgan fingerprint density at radius 3 is 2.78 bits per heavy atom. The number of sulfonamides is 1. The van der Waals surface area contributed by atoms with Gasteiger partial charge in [0.1, 0.15) is 15.9 Å². The first kappa shape index (κ1) is 18.7. The summed E-state index contributed by atoms with van der Waals surface area (Å²) in [5.74, 6) is -0.653. The molecule has 1 aromatic carbocycles. The van der Waals surface area contributed by atoms with Gasteiger partial charge >= 0.3 is 0 Å². The van der Waals surface area contributed by atoms with Crippen molar-refractivity contribution in [2.45, 2.75) is 23.4 Å². The minimum absolute atomic E-state index is 0.00294. The average Bonchev–Trinajstić information content (AvgIpc) is 3.17. The van der Waals surface area contributed by atoms with Crippen LogP contribution in [0.1, 0.15) is 12.8 Å². The molecule has 0 saturated carbocycles. The van der Waals surface area contributed by atoms with Crippen LogP contribution in [-0.2, 0) is 19.6 Å². The molecule has 8 nitrogen and oxygen atoms in total. The second kappa shape index (κ2) is 7.04. The van der Waals surface area contributed by atoms with Crippen LogP contribution in [0.15, 0.2) is 23.1 Å². The minimum Gasteiger partial charge on any atom is -0.378 e. The third kappa shape index (κ3) is 3.33. The number of morpholine rings is 1. The molecule has 27 heavy (non-hydrogen) atoms. The first-order valence-electron chi connectivity index (χ1n) is 8.69. The minimum atomic E-state index is -3.99. The number of aromatic nitrogens is 2. The van der Waals surface area contributed by atoms with Crippen molar-refractivity contribution in [1.82, 2.24) is 18.0 Å². The molecule has 1 atom stereocenters. The summed E-state index contributed by atoms with van der Waals surface area (Å²) in [4.78, 5) is 14.1. The molecule has 2 fully saturated rings. The molecule has 2 aliphatic heterocycles. The lowest BCUT2D eigenvalue weighted by atomic mass is 9.94. The molecule has 0 spiro atoms. The Balaban J connectivity index is 1.62. The van der Waals surface area contributed by atoms with Gasteiger partial charge in [-0.2, -0.15) is 13.1 Å². The summed E-state index contributed by atoms with van der Waals surface area (Å²) < 4.78 is 56.2. The van der Waals surface area contributed by atoms with Gasteiger partial charge in [0.05, 0.1) is 31.5 Å². The summed E-state index contributed by atoms with van der Waals surface area (Å²) in [6.07, 6.45) is 0.286. The van der Waals surface area contributed by atoms with Crippen molar-refractivity contribution in [2.75, 3.05) is 39.4 Å². The number of halogens is 1. The Morgan fingerprint density at radius 2 is 2.00 bits per heavy atom. The molecule has 146 valence electrons. The predicted octanol–water partition coefficient (Wildman–Crippen LogP) is 1.04. The maximum Gasteiger partial charge on any atom is 0.261 e. The van der Waals surface area contributed by atoms with E-state index in [-0.39, 0.29) is 29.8 Å². The lowest BCUT2D eigenvalue weighted by molar-refractivity contribution is -0.150. The van der Waals surface area contributed by atoms with E-state index in [1.54, 1.807) is 12.1 Å². The number of alkyl halides is 1. The summed E-state index contributed by atoms with van der Waals surface area (Å²) in [5, 5.41) is 0. The molecule has 11 heteroatoms. The number of rotatable bonds is 3. The Kier molecular flexibility index (Phi) is 4.87. The number of amides is 1. The van der Waals surface area contributed by atoms with E-state index < -0.39 is 28.1 Å². The third-order valence-corrected chi connectivity index (χ3v) is 7.38. The Labute approximate surface area is 160 Å². The van der Waals surface area contributed by atoms with Crippen molar-refractivity contribution in [2.24, 2.45) is 0 Å². The van der Waals surface area contributed by atoms with Crippen molar-refractivity contribution in [3.8, 4) is 0 Å². The lowest BCUT2D eigenvalue weighted by Crippen LogP contribution is -2.58. The molecule has 1 amide bonds. The monoisotopic (exact) mass is 414 g/mol. The highest BCUT2D eigenvalue weighted by molar-refractivity contribution is 7.89. The first-order chi connectivity index (χ1) is 12.9. The average molecular weight is 414 g/mol. The molecule has 2 aliphatic rings. The number of piperidine rings is 1. The van der Waals surface area contributed by atoms with Crippen LogP contribution in [0.5, 0.6) is 0 Å². The molecule has 4 rings (SSSR count). The van der Waals surface area contributed by atoms with Crippen LogP contribution in [0, 0.1) is 0 Å². The second-order valence-electron chi connectivity index (χ2n) is 6.70. The van der Waals surface area contributed by atoms with Gasteiger partial charge in [0.15, 0.2) is 0 Å². The van der Waals surface area contributed by atoms with Gasteiger partial charge in [0, 0.05) is 19.6 Å². The fourth-order valence-electron chi connectivity index (χ4n) is 3.53. The molecule has 0 bridgehead atoms. The smallest absolute Gasteiger partial charge is 0.261 e. The standard InChI is InChI=1S/C16H19FN4O4S2/c17-16(15(22)20-7-9-25-10-8-20)5-2-6-21(11-16)27(23,24)13-4-1-3-12-14(13)19-26-18-12/h1,3-4H,2,5-11H2. The fraction of sp³-hybridized carbons (Fsp3) is 0.562. The Bertz CT molecular complexity index is 960. The third-order valence-electron chi connectivity index (χ3n) is 4.96. The molecule has 0 N–H and O–H groups in total. The summed E-state index contributed by atoms with van der Waals surface area (Å²) in [5.41, 5.74) is -1.47. The molecule has 0 radical (unpaired) electrons. The normalized spacial score (nSPS) is 25.0. The van der Waals surface area contributed by atoms with Crippen molar-refractivity contribution < 1.29 is 22.3 Å². The van der Waals surface area contributed by atoms with Crippen molar-refractivity contribution in [1.29, 1.82) is 0 Å². The Morgan fingerprint density at radius 1 is 1.22 bits per heavy atom. The summed E-state index contributed by atoms with van der Waals surface area (Å²) >= 11 is 0.924. The first-order valence-corrected chi connectivity index (χ1v) is 10.9. The highest BCUT2D eigenvalue weighted by Crippen LogP contribution is 2.33. The number of carbonyl (C=O) groups excluding carboxylic acids is 1. The number of hydrogen-bond donors (Lipinski definition) is 0.